The van der Waals surface area contributed by atoms with Crippen LogP contribution in [0.3, 0.4) is 0 Å². The summed E-state index contributed by atoms with van der Waals surface area (Å²) in [6, 6.07) is 0.508. The quantitative estimate of drug-likeness (QED) is 0.788. The standard InChI is InChI=1S/C13H23NO2S/c1-10-8-13(9-17-10,12(15)16-2)14-11-6-4-3-5-7-11/h10-11,14H,3-9H2,1-2H3. The topological polar surface area (TPSA) is 38.3 Å². The lowest BCUT2D eigenvalue weighted by molar-refractivity contribution is -0.148. The van der Waals surface area contributed by atoms with Gasteiger partial charge in [0.2, 0.25) is 0 Å². The summed E-state index contributed by atoms with van der Waals surface area (Å²) < 4.78 is 5.01. The molecule has 3 nitrogen and oxygen atoms in total. The molecule has 0 bridgehead atoms. The van der Waals surface area contributed by atoms with Crippen LogP contribution >= 0.6 is 11.8 Å². The maximum Gasteiger partial charge on any atom is 0.326 e. The van der Waals surface area contributed by atoms with E-state index >= 15 is 0 Å². The van der Waals surface area contributed by atoms with E-state index < -0.39 is 5.54 Å². The van der Waals surface area contributed by atoms with Crippen molar-refractivity contribution in [1.82, 2.24) is 5.32 Å². The van der Waals surface area contributed by atoms with Gasteiger partial charge < -0.3 is 4.74 Å². The third-order valence-corrected chi connectivity index (χ3v) is 5.31. The molecule has 1 heterocycles. The van der Waals surface area contributed by atoms with Crippen LogP contribution in [0.15, 0.2) is 0 Å². The molecule has 98 valence electrons. The highest BCUT2D eigenvalue weighted by Gasteiger charge is 2.46. The molecular weight excluding hydrogens is 234 g/mol. The van der Waals surface area contributed by atoms with Gasteiger partial charge in [0, 0.05) is 17.0 Å². The lowest BCUT2D eigenvalue weighted by Crippen LogP contribution is -2.57. The number of hydrogen-bond acceptors (Lipinski definition) is 4. The van der Waals surface area contributed by atoms with Crippen LogP contribution in [0.2, 0.25) is 0 Å². The van der Waals surface area contributed by atoms with Crippen molar-refractivity contribution in [3.63, 3.8) is 0 Å². The SMILES string of the molecule is COC(=O)C1(NC2CCCCC2)CSC(C)C1. The van der Waals surface area contributed by atoms with Crippen molar-refractivity contribution in [2.24, 2.45) is 0 Å². The molecule has 0 aromatic carbocycles. The first-order valence-electron chi connectivity index (χ1n) is 6.64. The van der Waals surface area contributed by atoms with Crippen molar-refractivity contribution in [1.29, 1.82) is 0 Å². The minimum Gasteiger partial charge on any atom is -0.468 e. The van der Waals surface area contributed by atoms with E-state index in [4.69, 9.17) is 4.74 Å². The van der Waals surface area contributed by atoms with E-state index in [0.29, 0.717) is 11.3 Å². The zero-order valence-electron chi connectivity index (χ0n) is 10.8. The zero-order chi connectivity index (χ0) is 12.3. The highest BCUT2D eigenvalue weighted by Crippen LogP contribution is 2.36. The first-order valence-corrected chi connectivity index (χ1v) is 7.69. The summed E-state index contributed by atoms with van der Waals surface area (Å²) in [5.41, 5.74) is -0.416. The molecule has 17 heavy (non-hydrogen) atoms. The number of esters is 1. The van der Waals surface area contributed by atoms with Crippen LogP contribution in [-0.2, 0) is 9.53 Å². The predicted octanol–water partition coefficient (Wildman–Crippen LogP) is 2.35. The van der Waals surface area contributed by atoms with Gasteiger partial charge in [0.25, 0.3) is 0 Å². The van der Waals surface area contributed by atoms with E-state index in [1.165, 1.54) is 39.2 Å². The van der Waals surface area contributed by atoms with Crippen LogP contribution in [0.25, 0.3) is 0 Å². The number of carbonyl (C=O) groups excluding carboxylic acids is 1. The third-order valence-electron chi connectivity index (χ3n) is 3.91. The molecule has 2 atom stereocenters. The van der Waals surface area contributed by atoms with Gasteiger partial charge in [-0.2, -0.15) is 11.8 Å². The summed E-state index contributed by atoms with van der Waals surface area (Å²) >= 11 is 1.87. The minimum atomic E-state index is -0.416. The van der Waals surface area contributed by atoms with Crippen LogP contribution in [0.1, 0.15) is 45.4 Å². The van der Waals surface area contributed by atoms with Crippen molar-refractivity contribution in [3.8, 4) is 0 Å². The number of nitrogens with one attached hydrogen (secondary N) is 1. The van der Waals surface area contributed by atoms with Crippen LogP contribution in [0.4, 0.5) is 0 Å². The lowest BCUT2D eigenvalue weighted by Gasteiger charge is -2.34. The molecule has 1 N–H and O–H groups in total. The number of carbonyl (C=O) groups is 1. The second-order valence-electron chi connectivity index (χ2n) is 5.38. The summed E-state index contributed by atoms with van der Waals surface area (Å²) in [5, 5.41) is 4.16. The molecule has 1 saturated heterocycles. The summed E-state index contributed by atoms with van der Waals surface area (Å²) in [6.07, 6.45) is 7.24. The van der Waals surface area contributed by atoms with E-state index in [1.807, 2.05) is 11.8 Å². The maximum atomic E-state index is 12.1. The van der Waals surface area contributed by atoms with Crippen molar-refractivity contribution >= 4 is 17.7 Å². The van der Waals surface area contributed by atoms with Gasteiger partial charge in [-0.25, -0.2) is 0 Å². The molecule has 2 fully saturated rings. The fourth-order valence-corrected chi connectivity index (χ4v) is 4.32. The minimum absolute atomic E-state index is 0.0695. The molecule has 0 radical (unpaired) electrons. The Bertz CT molecular complexity index is 279. The Labute approximate surface area is 108 Å². The predicted molar refractivity (Wildman–Crippen MR) is 71.3 cm³/mol. The second kappa shape index (κ2) is 5.61. The Kier molecular flexibility index (Phi) is 4.36. The summed E-state index contributed by atoms with van der Waals surface area (Å²) in [5.74, 6) is 0.789. The van der Waals surface area contributed by atoms with E-state index in [9.17, 15) is 4.79 Å². The first kappa shape index (κ1) is 13.2. The van der Waals surface area contributed by atoms with Gasteiger partial charge in [0.15, 0.2) is 0 Å². The smallest absolute Gasteiger partial charge is 0.326 e. The number of ether oxygens (including phenoxy) is 1. The van der Waals surface area contributed by atoms with Gasteiger partial charge in [-0.15, -0.1) is 0 Å². The molecule has 2 rings (SSSR count). The average molecular weight is 257 g/mol. The fourth-order valence-electron chi connectivity index (χ4n) is 3.03. The maximum absolute atomic E-state index is 12.1. The second-order valence-corrected chi connectivity index (χ2v) is 6.81. The van der Waals surface area contributed by atoms with E-state index in [0.717, 1.165) is 12.2 Å². The third kappa shape index (κ3) is 2.97. The van der Waals surface area contributed by atoms with Crippen molar-refractivity contribution in [3.05, 3.63) is 0 Å². The Morgan fingerprint density at radius 1 is 1.35 bits per heavy atom. The van der Waals surface area contributed by atoms with Crippen LogP contribution in [-0.4, -0.2) is 35.7 Å². The highest BCUT2D eigenvalue weighted by molar-refractivity contribution is 8.00. The molecule has 0 aromatic rings. The number of rotatable bonds is 3. The molecule has 4 heteroatoms. The van der Waals surface area contributed by atoms with Gasteiger partial charge in [-0.1, -0.05) is 26.2 Å². The number of hydrogen-bond donors (Lipinski definition) is 1. The Balaban J connectivity index is 2.02. The van der Waals surface area contributed by atoms with Gasteiger partial charge in [0.1, 0.15) is 5.54 Å². The fraction of sp³-hybridized carbons (Fsp3) is 0.923. The molecular formula is C13H23NO2S. The van der Waals surface area contributed by atoms with Crippen molar-refractivity contribution < 1.29 is 9.53 Å². The Morgan fingerprint density at radius 2 is 2.06 bits per heavy atom. The largest absolute Gasteiger partial charge is 0.468 e. The summed E-state index contributed by atoms with van der Waals surface area (Å²) in [7, 11) is 1.50. The molecule has 2 unspecified atom stereocenters. The molecule has 1 saturated carbocycles. The molecule has 1 aliphatic heterocycles. The molecule has 0 spiro atoms. The van der Waals surface area contributed by atoms with Crippen LogP contribution in [0.5, 0.6) is 0 Å². The van der Waals surface area contributed by atoms with Crippen LogP contribution < -0.4 is 5.32 Å². The number of thioether (sulfide) groups is 1. The van der Waals surface area contributed by atoms with Gasteiger partial charge in [-0.05, 0) is 19.3 Å². The van der Waals surface area contributed by atoms with E-state index in [2.05, 4.69) is 12.2 Å². The molecule has 0 aromatic heterocycles. The first-order chi connectivity index (χ1) is 8.16. The summed E-state index contributed by atoms with van der Waals surface area (Å²) in [4.78, 5) is 12.1. The van der Waals surface area contributed by atoms with E-state index in [-0.39, 0.29) is 5.97 Å². The van der Waals surface area contributed by atoms with Gasteiger partial charge >= 0.3 is 5.97 Å². The van der Waals surface area contributed by atoms with Gasteiger partial charge in [-0.3, -0.25) is 10.1 Å². The number of methoxy groups -OCH3 is 1. The monoisotopic (exact) mass is 257 g/mol. The van der Waals surface area contributed by atoms with Gasteiger partial charge in [0.05, 0.1) is 7.11 Å². The Hall–Kier alpha value is -0.220. The zero-order valence-corrected chi connectivity index (χ0v) is 11.6. The normalized spacial score (nSPS) is 34.8. The Morgan fingerprint density at radius 3 is 2.59 bits per heavy atom. The highest BCUT2D eigenvalue weighted by atomic mass is 32.2. The van der Waals surface area contributed by atoms with Crippen LogP contribution in [0, 0.1) is 0 Å². The summed E-state index contributed by atoms with van der Waals surface area (Å²) in [6.45, 7) is 2.19. The average Bonchev–Trinajstić information content (AvgIpc) is 2.72. The lowest BCUT2D eigenvalue weighted by atomic mass is 9.89. The molecule has 1 aliphatic carbocycles. The molecule has 0 amide bonds. The van der Waals surface area contributed by atoms with Crippen molar-refractivity contribution in [2.75, 3.05) is 12.9 Å². The van der Waals surface area contributed by atoms with E-state index in [1.54, 1.807) is 0 Å². The van der Waals surface area contributed by atoms with Crippen molar-refractivity contribution in [2.45, 2.75) is 62.3 Å². The molecule has 2 aliphatic rings.